The van der Waals surface area contributed by atoms with Gasteiger partial charge in [-0.2, -0.15) is 13.2 Å². The van der Waals surface area contributed by atoms with Gasteiger partial charge in [0.25, 0.3) is 5.91 Å². The molecule has 37 heavy (non-hydrogen) atoms. The van der Waals surface area contributed by atoms with Crippen LogP contribution in [-0.4, -0.2) is 59.3 Å². The van der Waals surface area contributed by atoms with E-state index in [9.17, 15) is 18.0 Å². The highest BCUT2D eigenvalue weighted by Gasteiger charge is 2.37. The van der Waals surface area contributed by atoms with Crippen LogP contribution in [0.4, 0.5) is 30.5 Å². The van der Waals surface area contributed by atoms with Crippen molar-refractivity contribution in [3.05, 3.63) is 46.5 Å². The highest BCUT2D eigenvalue weighted by Crippen LogP contribution is 2.43. The third-order valence-electron chi connectivity index (χ3n) is 6.56. The van der Waals surface area contributed by atoms with E-state index in [1.54, 1.807) is 18.0 Å². The zero-order valence-corrected chi connectivity index (χ0v) is 22.1. The van der Waals surface area contributed by atoms with Crippen molar-refractivity contribution in [3.63, 3.8) is 0 Å². The Bertz CT molecular complexity index is 1330. The Morgan fingerprint density at radius 3 is 2.76 bits per heavy atom. The number of nitrogens with one attached hydrogen (secondary N) is 1. The molecule has 12 heteroatoms. The average molecular weight is 549 g/mol. The monoisotopic (exact) mass is 548 g/mol. The van der Waals surface area contributed by atoms with Crippen LogP contribution in [0.2, 0.25) is 0 Å². The highest BCUT2D eigenvalue weighted by molar-refractivity contribution is 7.99. The molecule has 7 nitrogen and oxygen atoms in total. The number of amides is 1. The summed E-state index contributed by atoms with van der Waals surface area (Å²) in [6, 6.07) is 7.73. The van der Waals surface area contributed by atoms with Crippen molar-refractivity contribution in [1.29, 1.82) is 0 Å². The molecule has 2 aliphatic rings. The van der Waals surface area contributed by atoms with Gasteiger partial charge in [-0.3, -0.25) is 4.79 Å². The number of nitrogens with two attached hydrogens (primary N) is 1. The standard InChI is InChI=1S/C25H27F3N6OS2/c1-3-14-10-16(34-7-6-15(29)13-34)4-5-18(14)31-24-30-12-17(25(26,27)28)21(32-24)19-11-20-22(37-19)23(35)33(2)8-9-36-20/h4-5,10-12,15H,3,6-9,13,29H2,1-2H3,(H,30,31,32). The van der Waals surface area contributed by atoms with Gasteiger partial charge in [-0.05, 0) is 42.7 Å². The Balaban J connectivity index is 1.50. The van der Waals surface area contributed by atoms with Crippen molar-refractivity contribution >= 4 is 46.3 Å². The Morgan fingerprint density at radius 1 is 1.24 bits per heavy atom. The number of thioether (sulfide) groups is 1. The van der Waals surface area contributed by atoms with E-state index < -0.39 is 11.7 Å². The average Bonchev–Trinajstić information content (AvgIpc) is 3.46. The first kappa shape index (κ1) is 25.8. The summed E-state index contributed by atoms with van der Waals surface area (Å²) in [6.45, 7) is 4.29. The lowest BCUT2D eigenvalue weighted by Crippen LogP contribution is -2.26. The van der Waals surface area contributed by atoms with E-state index in [2.05, 4.69) is 26.3 Å². The Kier molecular flexibility index (Phi) is 7.08. The van der Waals surface area contributed by atoms with Crippen LogP contribution in [0.1, 0.15) is 34.1 Å². The van der Waals surface area contributed by atoms with Gasteiger partial charge in [-0.25, -0.2) is 9.97 Å². The largest absolute Gasteiger partial charge is 0.420 e. The number of anilines is 3. The maximum Gasteiger partial charge on any atom is 0.420 e. The molecular formula is C25H27F3N6OS2. The minimum Gasteiger partial charge on any atom is -0.370 e. The number of nitrogens with zero attached hydrogens (tertiary/aromatic N) is 4. The Labute approximate surface area is 221 Å². The summed E-state index contributed by atoms with van der Waals surface area (Å²) in [4.78, 5) is 26.3. The molecular weight excluding hydrogens is 521 g/mol. The number of alkyl halides is 3. The van der Waals surface area contributed by atoms with Gasteiger partial charge in [0, 0.05) is 60.9 Å². The molecule has 0 saturated carbocycles. The number of aromatic nitrogens is 2. The molecule has 0 spiro atoms. The van der Waals surface area contributed by atoms with E-state index in [1.807, 2.05) is 19.1 Å². The summed E-state index contributed by atoms with van der Waals surface area (Å²) in [5.74, 6) is 0.546. The van der Waals surface area contributed by atoms with Crippen molar-refractivity contribution in [2.24, 2.45) is 5.73 Å². The van der Waals surface area contributed by atoms with Crippen molar-refractivity contribution in [1.82, 2.24) is 14.9 Å². The third-order valence-corrected chi connectivity index (χ3v) is 8.84. The van der Waals surface area contributed by atoms with Crippen LogP contribution < -0.4 is 16.0 Å². The number of aryl methyl sites for hydroxylation is 1. The second-order valence-electron chi connectivity index (χ2n) is 9.15. The zero-order chi connectivity index (χ0) is 26.3. The molecule has 1 saturated heterocycles. The smallest absolute Gasteiger partial charge is 0.370 e. The van der Waals surface area contributed by atoms with Crippen LogP contribution in [-0.2, 0) is 12.6 Å². The molecule has 1 aromatic carbocycles. The summed E-state index contributed by atoms with van der Waals surface area (Å²) < 4.78 is 41.8. The number of halogens is 3. The first-order valence-electron chi connectivity index (χ1n) is 12.0. The first-order chi connectivity index (χ1) is 17.6. The molecule has 2 aliphatic heterocycles. The molecule has 3 N–H and O–H groups in total. The van der Waals surface area contributed by atoms with Gasteiger partial charge in [0.15, 0.2) is 0 Å². The van der Waals surface area contributed by atoms with Crippen LogP contribution in [0.25, 0.3) is 10.6 Å². The first-order valence-corrected chi connectivity index (χ1v) is 13.8. The lowest BCUT2D eigenvalue weighted by atomic mass is 10.1. The quantitative estimate of drug-likeness (QED) is 0.451. The van der Waals surface area contributed by atoms with Gasteiger partial charge < -0.3 is 20.9 Å². The summed E-state index contributed by atoms with van der Waals surface area (Å²) in [7, 11) is 1.69. The van der Waals surface area contributed by atoms with E-state index in [4.69, 9.17) is 5.73 Å². The van der Waals surface area contributed by atoms with Crippen LogP contribution in [0.3, 0.4) is 0 Å². The van der Waals surface area contributed by atoms with E-state index >= 15 is 0 Å². The van der Waals surface area contributed by atoms with Gasteiger partial charge in [-0.1, -0.05) is 6.92 Å². The van der Waals surface area contributed by atoms with Crippen molar-refractivity contribution < 1.29 is 18.0 Å². The lowest BCUT2D eigenvalue weighted by molar-refractivity contribution is -0.137. The van der Waals surface area contributed by atoms with Gasteiger partial charge in [0.05, 0.1) is 10.6 Å². The summed E-state index contributed by atoms with van der Waals surface area (Å²) in [5, 5.41) is 3.12. The molecule has 1 atom stereocenters. The third kappa shape index (κ3) is 5.27. The highest BCUT2D eigenvalue weighted by atomic mass is 32.2. The predicted octanol–water partition coefficient (Wildman–Crippen LogP) is 5.25. The molecule has 0 radical (unpaired) electrons. The SMILES string of the molecule is CCc1cc(N2CCC(N)C2)ccc1Nc1ncc(C(F)(F)F)c(-c2cc3c(s2)C(=O)N(C)CCS3)n1. The number of rotatable bonds is 5. The number of carbonyl (C=O) groups is 1. The molecule has 4 heterocycles. The zero-order valence-electron chi connectivity index (χ0n) is 20.4. The molecule has 0 aliphatic carbocycles. The summed E-state index contributed by atoms with van der Waals surface area (Å²) >= 11 is 2.50. The fraction of sp³-hybridized carbons (Fsp3) is 0.400. The fourth-order valence-electron chi connectivity index (χ4n) is 4.49. The number of hydrogen-bond donors (Lipinski definition) is 2. The number of hydrogen-bond acceptors (Lipinski definition) is 8. The topological polar surface area (TPSA) is 87.4 Å². The van der Waals surface area contributed by atoms with Crippen molar-refractivity contribution in [2.75, 3.05) is 42.7 Å². The number of benzene rings is 1. The minimum atomic E-state index is -4.64. The van der Waals surface area contributed by atoms with Gasteiger partial charge in [0.1, 0.15) is 10.4 Å². The molecule has 2 aromatic heterocycles. The minimum absolute atomic E-state index is 0.0633. The van der Waals surface area contributed by atoms with E-state index in [1.165, 1.54) is 11.8 Å². The number of thiophene rings is 1. The van der Waals surface area contributed by atoms with Gasteiger partial charge in [-0.15, -0.1) is 23.1 Å². The molecule has 1 amide bonds. The molecule has 5 rings (SSSR count). The van der Waals surface area contributed by atoms with Crippen LogP contribution >= 0.6 is 23.1 Å². The molecule has 1 unspecified atom stereocenters. The van der Waals surface area contributed by atoms with Gasteiger partial charge >= 0.3 is 6.18 Å². The predicted molar refractivity (Wildman–Crippen MR) is 142 cm³/mol. The molecule has 0 bridgehead atoms. The summed E-state index contributed by atoms with van der Waals surface area (Å²) in [6.07, 6.45) is -2.18. The summed E-state index contributed by atoms with van der Waals surface area (Å²) in [5.41, 5.74) is 7.68. The molecule has 1 fully saturated rings. The van der Waals surface area contributed by atoms with Gasteiger partial charge in [0.2, 0.25) is 5.95 Å². The second-order valence-corrected chi connectivity index (χ2v) is 11.3. The van der Waals surface area contributed by atoms with Crippen LogP contribution in [0.5, 0.6) is 0 Å². The number of carbonyl (C=O) groups excluding carboxylic acids is 1. The second kappa shape index (κ2) is 10.1. The van der Waals surface area contributed by atoms with Crippen molar-refractivity contribution in [3.8, 4) is 10.6 Å². The number of fused-ring (bicyclic) bond motifs is 1. The van der Waals surface area contributed by atoms with E-state index in [0.29, 0.717) is 28.5 Å². The Hall–Kier alpha value is -2.83. The lowest BCUT2D eigenvalue weighted by Gasteiger charge is -2.20. The Morgan fingerprint density at radius 2 is 2.05 bits per heavy atom. The van der Waals surface area contributed by atoms with Crippen LogP contribution in [0.15, 0.2) is 35.4 Å². The fourth-order valence-corrected chi connectivity index (χ4v) is 6.92. The maximum absolute atomic E-state index is 13.9. The van der Waals surface area contributed by atoms with Crippen LogP contribution in [0, 0.1) is 0 Å². The molecule has 3 aromatic rings. The van der Waals surface area contributed by atoms with E-state index in [0.717, 1.165) is 54.0 Å². The normalized spacial score (nSPS) is 18.2. The van der Waals surface area contributed by atoms with E-state index in [-0.39, 0.29) is 28.5 Å². The van der Waals surface area contributed by atoms with Crippen molar-refractivity contribution in [2.45, 2.75) is 36.9 Å². The maximum atomic E-state index is 13.9. The molecule has 196 valence electrons.